The maximum Gasteiger partial charge on any atom is 0.227 e. The summed E-state index contributed by atoms with van der Waals surface area (Å²) in [4.78, 5) is 11.3. The third kappa shape index (κ3) is 2.19. The maximum absolute atomic E-state index is 4.56. The lowest BCUT2D eigenvalue weighted by molar-refractivity contribution is 0.876. The monoisotopic (exact) mass is 206 g/mol. The minimum absolute atomic E-state index is 0.885. The predicted octanol–water partition coefficient (Wildman–Crippen LogP) is 1.68. The van der Waals surface area contributed by atoms with E-state index in [2.05, 4.69) is 27.1 Å². The first kappa shape index (κ1) is 10.2. The summed E-state index contributed by atoms with van der Waals surface area (Å²) in [5.41, 5.74) is 1.11. The minimum atomic E-state index is 0.885. The van der Waals surface area contributed by atoms with Crippen LogP contribution in [0.3, 0.4) is 0 Å². The van der Waals surface area contributed by atoms with Crippen molar-refractivity contribution in [3.05, 3.63) is 11.8 Å². The molecule has 82 valence electrons. The van der Waals surface area contributed by atoms with Crippen molar-refractivity contribution in [2.45, 2.75) is 26.2 Å². The fourth-order valence-corrected chi connectivity index (χ4v) is 1.85. The Morgan fingerprint density at radius 3 is 2.67 bits per heavy atom. The van der Waals surface area contributed by atoms with Gasteiger partial charge in [-0.2, -0.15) is 4.98 Å². The van der Waals surface area contributed by atoms with Crippen LogP contribution in [-0.2, 0) is 6.42 Å². The second-order valence-electron chi connectivity index (χ2n) is 3.84. The molecule has 1 aromatic heterocycles. The van der Waals surface area contributed by atoms with E-state index in [-0.39, 0.29) is 0 Å². The van der Waals surface area contributed by atoms with Crippen LogP contribution in [0.5, 0.6) is 0 Å². The van der Waals surface area contributed by atoms with Gasteiger partial charge in [-0.1, -0.05) is 6.92 Å². The average Bonchev–Trinajstić information content (AvgIpc) is 2.81. The van der Waals surface area contributed by atoms with E-state index in [0.29, 0.717) is 0 Å². The van der Waals surface area contributed by atoms with Crippen LogP contribution in [0.4, 0.5) is 11.8 Å². The summed E-state index contributed by atoms with van der Waals surface area (Å²) in [6.45, 7) is 4.31. The van der Waals surface area contributed by atoms with Crippen LogP contribution in [0, 0.1) is 0 Å². The third-order valence-corrected chi connectivity index (χ3v) is 2.77. The molecule has 1 aliphatic heterocycles. The van der Waals surface area contributed by atoms with Gasteiger partial charge in [0, 0.05) is 31.9 Å². The van der Waals surface area contributed by atoms with Crippen LogP contribution in [0.25, 0.3) is 0 Å². The van der Waals surface area contributed by atoms with E-state index in [4.69, 9.17) is 0 Å². The zero-order valence-electron chi connectivity index (χ0n) is 9.45. The Balaban J connectivity index is 2.28. The predicted molar refractivity (Wildman–Crippen MR) is 62.4 cm³/mol. The first-order valence-electron chi connectivity index (χ1n) is 5.64. The lowest BCUT2D eigenvalue weighted by Gasteiger charge is -2.16. The Morgan fingerprint density at radius 2 is 2.07 bits per heavy atom. The Kier molecular flexibility index (Phi) is 3.04. The normalized spacial score (nSPS) is 15.7. The van der Waals surface area contributed by atoms with E-state index in [9.17, 15) is 0 Å². The summed E-state index contributed by atoms with van der Waals surface area (Å²) in [7, 11) is 1.90. The number of nitrogens with one attached hydrogen (secondary N) is 1. The molecular formula is C11H18N4. The van der Waals surface area contributed by atoms with Crippen molar-refractivity contribution < 1.29 is 0 Å². The maximum atomic E-state index is 4.56. The highest BCUT2D eigenvalue weighted by atomic mass is 15.3. The number of anilines is 2. The van der Waals surface area contributed by atoms with Crippen molar-refractivity contribution in [2.75, 3.05) is 30.4 Å². The summed E-state index contributed by atoms with van der Waals surface area (Å²) in [6, 6.07) is 2.01. The van der Waals surface area contributed by atoms with Crippen LogP contribution in [-0.4, -0.2) is 30.1 Å². The van der Waals surface area contributed by atoms with Crippen LogP contribution >= 0.6 is 0 Å². The summed E-state index contributed by atoms with van der Waals surface area (Å²) in [5.74, 6) is 1.81. The van der Waals surface area contributed by atoms with Gasteiger partial charge in [0.25, 0.3) is 0 Å². The van der Waals surface area contributed by atoms with Crippen molar-refractivity contribution in [1.82, 2.24) is 9.97 Å². The highest BCUT2D eigenvalue weighted by Crippen LogP contribution is 2.18. The standard InChI is InChI=1S/C11H18N4/c1-3-9-8-10(12-2)14-11(13-9)15-6-4-5-7-15/h8H,3-7H2,1-2H3,(H,12,13,14). The SMILES string of the molecule is CCc1cc(NC)nc(N2CCCC2)n1. The van der Waals surface area contributed by atoms with Crippen LogP contribution < -0.4 is 10.2 Å². The molecular weight excluding hydrogens is 188 g/mol. The Bertz CT molecular complexity index is 309. The molecule has 4 heteroatoms. The molecule has 15 heavy (non-hydrogen) atoms. The van der Waals surface area contributed by atoms with Crippen molar-refractivity contribution in [3.63, 3.8) is 0 Å². The number of nitrogens with zero attached hydrogens (tertiary/aromatic N) is 3. The molecule has 1 saturated heterocycles. The summed E-state index contributed by atoms with van der Waals surface area (Å²) in [5, 5.41) is 3.09. The van der Waals surface area contributed by atoms with E-state index in [1.54, 1.807) is 0 Å². The molecule has 0 unspecified atom stereocenters. The molecule has 4 nitrogen and oxygen atoms in total. The zero-order valence-corrected chi connectivity index (χ0v) is 9.45. The van der Waals surface area contributed by atoms with Gasteiger partial charge < -0.3 is 10.2 Å². The summed E-state index contributed by atoms with van der Waals surface area (Å²) < 4.78 is 0. The van der Waals surface area contributed by atoms with Crippen molar-refractivity contribution in [3.8, 4) is 0 Å². The van der Waals surface area contributed by atoms with Crippen molar-refractivity contribution in [1.29, 1.82) is 0 Å². The number of aryl methyl sites for hydroxylation is 1. The molecule has 0 amide bonds. The Labute approximate surface area is 90.7 Å². The summed E-state index contributed by atoms with van der Waals surface area (Å²) in [6.07, 6.45) is 3.47. The van der Waals surface area contributed by atoms with Crippen LogP contribution in [0.2, 0.25) is 0 Å². The van der Waals surface area contributed by atoms with Crippen LogP contribution in [0.1, 0.15) is 25.5 Å². The van der Waals surface area contributed by atoms with Gasteiger partial charge in [0.05, 0.1) is 0 Å². The highest BCUT2D eigenvalue weighted by Gasteiger charge is 2.15. The molecule has 1 fully saturated rings. The zero-order chi connectivity index (χ0) is 10.7. The molecule has 0 aromatic carbocycles. The van der Waals surface area contributed by atoms with Gasteiger partial charge in [-0.05, 0) is 19.3 Å². The molecule has 0 radical (unpaired) electrons. The van der Waals surface area contributed by atoms with E-state index in [1.165, 1.54) is 12.8 Å². The molecule has 2 heterocycles. The highest BCUT2D eigenvalue weighted by molar-refractivity contribution is 5.43. The Hall–Kier alpha value is -1.32. The number of aromatic nitrogens is 2. The van der Waals surface area contributed by atoms with Gasteiger partial charge in [-0.15, -0.1) is 0 Å². The van der Waals surface area contributed by atoms with Gasteiger partial charge in [-0.3, -0.25) is 0 Å². The quantitative estimate of drug-likeness (QED) is 0.817. The van der Waals surface area contributed by atoms with Gasteiger partial charge in [0.1, 0.15) is 5.82 Å². The fraction of sp³-hybridized carbons (Fsp3) is 0.636. The van der Waals surface area contributed by atoms with E-state index < -0.39 is 0 Å². The second-order valence-corrected chi connectivity index (χ2v) is 3.84. The molecule has 1 aromatic rings. The second kappa shape index (κ2) is 4.47. The average molecular weight is 206 g/mol. The number of hydrogen-bond donors (Lipinski definition) is 1. The van der Waals surface area contributed by atoms with E-state index in [1.807, 2.05) is 13.1 Å². The molecule has 1 N–H and O–H groups in total. The topological polar surface area (TPSA) is 41.1 Å². The van der Waals surface area contributed by atoms with Gasteiger partial charge >= 0.3 is 0 Å². The number of hydrogen-bond acceptors (Lipinski definition) is 4. The van der Waals surface area contributed by atoms with Gasteiger partial charge in [0.2, 0.25) is 5.95 Å². The third-order valence-electron chi connectivity index (χ3n) is 2.77. The molecule has 0 saturated carbocycles. The first-order valence-corrected chi connectivity index (χ1v) is 5.64. The fourth-order valence-electron chi connectivity index (χ4n) is 1.85. The summed E-state index contributed by atoms with van der Waals surface area (Å²) >= 11 is 0. The van der Waals surface area contributed by atoms with Crippen molar-refractivity contribution >= 4 is 11.8 Å². The van der Waals surface area contributed by atoms with Gasteiger partial charge in [-0.25, -0.2) is 4.98 Å². The first-order chi connectivity index (χ1) is 7.33. The molecule has 1 aliphatic rings. The van der Waals surface area contributed by atoms with Gasteiger partial charge in [0.15, 0.2) is 0 Å². The Morgan fingerprint density at radius 1 is 1.33 bits per heavy atom. The van der Waals surface area contributed by atoms with E-state index in [0.717, 1.165) is 37.0 Å². The molecule has 0 atom stereocenters. The number of rotatable bonds is 3. The van der Waals surface area contributed by atoms with Crippen LogP contribution in [0.15, 0.2) is 6.07 Å². The van der Waals surface area contributed by atoms with Crippen molar-refractivity contribution in [2.24, 2.45) is 0 Å². The van der Waals surface area contributed by atoms with E-state index >= 15 is 0 Å². The molecule has 0 bridgehead atoms. The smallest absolute Gasteiger partial charge is 0.227 e. The minimum Gasteiger partial charge on any atom is -0.373 e. The lowest BCUT2D eigenvalue weighted by Crippen LogP contribution is -2.21. The molecule has 0 aliphatic carbocycles. The molecule has 0 spiro atoms. The molecule has 2 rings (SSSR count). The largest absolute Gasteiger partial charge is 0.373 e. The lowest BCUT2D eigenvalue weighted by atomic mass is 10.3.